The fraction of sp³-hybridized carbons (Fsp3) is 0.375. The first-order chi connectivity index (χ1) is 21.1. The smallest absolute Gasteiger partial charge is 0.265 e. The fourth-order valence-corrected chi connectivity index (χ4v) is 6.38. The molecule has 0 aliphatic heterocycles. The largest absolute Gasteiger partial charge is 0.497 e. The molecule has 2 amide bonds. The lowest BCUT2D eigenvalue weighted by Gasteiger charge is -2.34. The number of nitrogens with zero attached hydrogens (tertiary/aromatic N) is 2. The second-order valence-electron chi connectivity index (χ2n) is 11.1. The predicted octanol–water partition coefficient (Wildman–Crippen LogP) is 5.01. The van der Waals surface area contributed by atoms with E-state index in [1.807, 2.05) is 45.0 Å². The molecule has 1 unspecified atom stereocenters. The summed E-state index contributed by atoms with van der Waals surface area (Å²) in [6.45, 7) is 6.49. The van der Waals surface area contributed by atoms with Crippen LogP contribution in [0.2, 0.25) is 0 Å². The minimum Gasteiger partial charge on any atom is -0.497 e. The quantitative estimate of drug-likeness (QED) is 0.263. The summed E-state index contributed by atoms with van der Waals surface area (Å²) in [5.41, 5.74) is 0.239. The molecule has 0 aliphatic rings. The van der Waals surface area contributed by atoms with E-state index in [0.717, 1.165) is 14.3 Å². The average Bonchev–Trinajstić information content (AvgIpc) is 3.00. The van der Waals surface area contributed by atoms with Crippen LogP contribution in [0.25, 0.3) is 0 Å². The number of amides is 2. The molecular weight excluding hydrogens is 666 g/mol. The molecule has 244 valence electrons. The third-order valence-corrected chi connectivity index (χ3v) is 9.03. The predicted molar refractivity (Wildman–Crippen MR) is 176 cm³/mol. The van der Waals surface area contributed by atoms with Crippen molar-refractivity contribution < 1.29 is 37.0 Å². The van der Waals surface area contributed by atoms with Gasteiger partial charge < -0.3 is 29.2 Å². The third kappa shape index (κ3) is 8.82. The maximum absolute atomic E-state index is 14.4. The lowest BCUT2D eigenvalue weighted by molar-refractivity contribution is -0.140. The highest BCUT2D eigenvalue weighted by Gasteiger charge is 2.35. The van der Waals surface area contributed by atoms with E-state index in [1.54, 1.807) is 19.1 Å². The van der Waals surface area contributed by atoms with Crippen molar-refractivity contribution in [3.63, 3.8) is 0 Å². The zero-order chi connectivity index (χ0) is 33.5. The van der Waals surface area contributed by atoms with Gasteiger partial charge in [-0.2, -0.15) is 0 Å². The number of sulfonamides is 1. The number of carbonyl (C=O) groups excluding carboxylic acids is 2. The Morgan fingerprint density at radius 3 is 2.09 bits per heavy atom. The van der Waals surface area contributed by atoms with Gasteiger partial charge in [0.05, 0.1) is 39.0 Å². The normalized spacial score (nSPS) is 12.1. The van der Waals surface area contributed by atoms with Crippen molar-refractivity contribution >= 4 is 43.5 Å². The number of carbonyl (C=O) groups is 2. The minimum absolute atomic E-state index is 0.0382. The summed E-state index contributed by atoms with van der Waals surface area (Å²) >= 11 is 3.45. The molecule has 0 radical (unpaired) electrons. The average molecular weight is 707 g/mol. The molecule has 13 heteroatoms. The molecule has 11 nitrogen and oxygen atoms in total. The van der Waals surface area contributed by atoms with Crippen molar-refractivity contribution in [3.8, 4) is 23.0 Å². The molecule has 0 aromatic heterocycles. The number of methoxy groups -OCH3 is 4. The first-order valence-corrected chi connectivity index (χ1v) is 16.2. The highest BCUT2D eigenvalue weighted by atomic mass is 79.9. The molecule has 45 heavy (non-hydrogen) atoms. The van der Waals surface area contributed by atoms with Crippen molar-refractivity contribution in [2.75, 3.05) is 39.3 Å². The van der Waals surface area contributed by atoms with E-state index in [9.17, 15) is 18.0 Å². The molecule has 1 N–H and O–H groups in total. The van der Waals surface area contributed by atoms with Crippen LogP contribution in [0.5, 0.6) is 23.0 Å². The Morgan fingerprint density at radius 2 is 1.51 bits per heavy atom. The van der Waals surface area contributed by atoms with Gasteiger partial charge in [0.2, 0.25) is 11.8 Å². The molecule has 3 aromatic carbocycles. The lowest BCUT2D eigenvalue weighted by Crippen LogP contribution is -2.54. The van der Waals surface area contributed by atoms with Gasteiger partial charge in [0.15, 0.2) is 11.5 Å². The monoisotopic (exact) mass is 705 g/mol. The molecule has 3 rings (SSSR count). The number of hydrogen-bond donors (Lipinski definition) is 1. The highest BCUT2D eigenvalue weighted by Crippen LogP contribution is 2.38. The number of ether oxygens (including phenoxy) is 4. The summed E-state index contributed by atoms with van der Waals surface area (Å²) in [7, 11) is 1.23. The van der Waals surface area contributed by atoms with Gasteiger partial charge in [-0.3, -0.25) is 13.9 Å². The summed E-state index contributed by atoms with van der Waals surface area (Å²) in [6, 6.07) is 15.1. The Hall–Kier alpha value is -3.97. The van der Waals surface area contributed by atoms with Crippen LogP contribution in [-0.4, -0.2) is 71.7 Å². The second-order valence-corrected chi connectivity index (χ2v) is 13.9. The van der Waals surface area contributed by atoms with Gasteiger partial charge in [-0.1, -0.05) is 28.1 Å². The summed E-state index contributed by atoms with van der Waals surface area (Å²) in [5.74, 6) is 0.0297. The molecular formula is C32H40BrN3O8S. The van der Waals surface area contributed by atoms with E-state index in [2.05, 4.69) is 21.2 Å². The minimum atomic E-state index is -4.45. The number of anilines is 1. The van der Waals surface area contributed by atoms with Gasteiger partial charge in [0.25, 0.3) is 10.0 Å². The number of hydrogen-bond acceptors (Lipinski definition) is 8. The van der Waals surface area contributed by atoms with Gasteiger partial charge in [-0.15, -0.1) is 0 Å². The molecule has 0 bridgehead atoms. The SMILES string of the molecule is COc1ccc(OC)c(N(CC(=O)N(Cc2cccc(Br)c2)C(C)C(=O)NC(C)(C)C)S(=O)(=O)c2ccc(OC)c(OC)c2)c1. The molecule has 1 atom stereocenters. The highest BCUT2D eigenvalue weighted by molar-refractivity contribution is 9.10. The summed E-state index contributed by atoms with van der Waals surface area (Å²) < 4.78 is 52.1. The zero-order valence-electron chi connectivity index (χ0n) is 26.7. The Morgan fingerprint density at radius 1 is 0.867 bits per heavy atom. The second kappa shape index (κ2) is 14.9. The van der Waals surface area contributed by atoms with Crippen LogP contribution in [0, 0.1) is 0 Å². The Bertz CT molecular complexity index is 1620. The van der Waals surface area contributed by atoms with Crippen molar-refractivity contribution in [1.82, 2.24) is 10.2 Å². The molecule has 0 saturated carbocycles. The molecule has 0 saturated heterocycles. The van der Waals surface area contributed by atoms with Gasteiger partial charge in [-0.25, -0.2) is 8.42 Å². The van der Waals surface area contributed by atoms with Crippen LogP contribution in [0.4, 0.5) is 5.69 Å². The topological polar surface area (TPSA) is 124 Å². The maximum atomic E-state index is 14.4. The van der Waals surface area contributed by atoms with E-state index in [1.165, 1.54) is 57.6 Å². The van der Waals surface area contributed by atoms with Gasteiger partial charge >= 0.3 is 0 Å². The maximum Gasteiger partial charge on any atom is 0.265 e. The first-order valence-electron chi connectivity index (χ1n) is 14.0. The molecule has 3 aromatic rings. The van der Waals surface area contributed by atoms with Crippen LogP contribution in [0.15, 0.2) is 70.0 Å². The lowest BCUT2D eigenvalue weighted by atomic mass is 10.1. The number of rotatable bonds is 13. The standard InChI is InChI=1S/C32H40BrN3O8S/c1-21(31(38)34-32(2,3)4)35(19-22-10-9-11-23(33)16-22)30(37)20-36(26-17-24(41-5)12-14-27(26)42-6)45(39,40)25-13-15-28(43-7)29(18-25)44-8/h9-18,21H,19-20H2,1-8H3,(H,34,38). The first kappa shape index (κ1) is 35.5. The van der Waals surface area contributed by atoms with Crippen LogP contribution in [-0.2, 0) is 26.2 Å². The number of benzene rings is 3. The number of nitrogens with one attached hydrogen (secondary N) is 1. The van der Waals surface area contributed by atoms with E-state index in [0.29, 0.717) is 11.5 Å². The Kier molecular flexibility index (Phi) is 11.7. The van der Waals surface area contributed by atoms with E-state index >= 15 is 0 Å². The van der Waals surface area contributed by atoms with E-state index < -0.39 is 34.1 Å². The van der Waals surface area contributed by atoms with Crippen LogP contribution >= 0.6 is 15.9 Å². The summed E-state index contributed by atoms with van der Waals surface area (Å²) in [5, 5.41) is 2.91. The summed E-state index contributed by atoms with van der Waals surface area (Å²) in [4.78, 5) is 28.8. The molecule has 0 heterocycles. The Balaban J connectivity index is 2.18. The van der Waals surface area contributed by atoms with Crippen molar-refractivity contribution in [2.45, 2.75) is 50.7 Å². The van der Waals surface area contributed by atoms with Crippen LogP contribution < -0.4 is 28.6 Å². The van der Waals surface area contributed by atoms with Crippen molar-refractivity contribution in [3.05, 3.63) is 70.7 Å². The number of halogens is 1. The van der Waals surface area contributed by atoms with Gasteiger partial charge in [0, 0.05) is 28.7 Å². The summed E-state index contributed by atoms with van der Waals surface area (Å²) in [6.07, 6.45) is 0. The Labute approximate surface area is 273 Å². The third-order valence-electron chi connectivity index (χ3n) is 6.78. The fourth-order valence-electron chi connectivity index (χ4n) is 4.50. The van der Waals surface area contributed by atoms with Crippen LogP contribution in [0.1, 0.15) is 33.3 Å². The van der Waals surface area contributed by atoms with Crippen molar-refractivity contribution in [2.24, 2.45) is 0 Å². The van der Waals surface area contributed by atoms with Crippen LogP contribution in [0.3, 0.4) is 0 Å². The van der Waals surface area contributed by atoms with Gasteiger partial charge in [0.1, 0.15) is 24.1 Å². The van der Waals surface area contributed by atoms with E-state index in [-0.39, 0.29) is 34.5 Å². The van der Waals surface area contributed by atoms with E-state index in [4.69, 9.17) is 18.9 Å². The molecule has 0 fully saturated rings. The van der Waals surface area contributed by atoms with Crippen molar-refractivity contribution in [1.29, 1.82) is 0 Å². The zero-order valence-corrected chi connectivity index (χ0v) is 29.1. The molecule has 0 spiro atoms. The van der Waals surface area contributed by atoms with Gasteiger partial charge in [-0.05, 0) is 69.7 Å². The molecule has 0 aliphatic carbocycles.